The Morgan fingerprint density at radius 3 is 2.95 bits per heavy atom. The summed E-state index contributed by atoms with van der Waals surface area (Å²) in [5.41, 5.74) is 0.537. The number of hydrogen-bond donors (Lipinski definition) is 0. The minimum atomic E-state index is -0.266. The fraction of sp³-hybridized carbons (Fsp3) is 0.462. The van der Waals surface area contributed by atoms with Crippen molar-refractivity contribution in [2.45, 2.75) is 25.3 Å². The Bertz CT molecular complexity index is 598. The monoisotopic (exact) mass is 340 g/mol. The van der Waals surface area contributed by atoms with E-state index in [0.29, 0.717) is 11.5 Å². The van der Waals surface area contributed by atoms with E-state index in [1.54, 1.807) is 12.1 Å². The van der Waals surface area contributed by atoms with Crippen LogP contribution in [0.3, 0.4) is 0 Å². The molecule has 5 nitrogen and oxygen atoms in total. The summed E-state index contributed by atoms with van der Waals surface area (Å²) in [5, 5.41) is 12.4. The molecule has 2 heterocycles. The molecule has 0 radical (unpaired) electrons. The first-order valence-corrected chi connectivity index (χ1v) is 7.31. The standard InChI is InChI=1S/C13H14BrFN4O/c14-11-1-2-12(15)10(7-11)8-19-17-13(16-18-19)9-3-5-20-6-4-9/h1-2,7,9H,3-6,8H2. The van der Waals surface area contributed by atoms with Gasteiger partial charge in [-0.1, -0.05) is 15.9 Å². The van der Waals surface area contributed by atoms with Gasteiger partial charge in [-0.2, -0.15) is 4.80 Å². The Morgan fingerprint density at radius 2 is 2.15 bits per heavy atom. The average Bonchev–Trinajstić information content (AvgIpc) is 2.92. The Kier molecular flexibility index (Phi) is 4.07. The molecule has 0 amide bonds. The molecule has 0 unspecified atom stereocenters. The number of ether oxygens (including phenoxy) is 1. The molecule has 3 rings (SSSR count). The normalized spacial score (nSPS) is 16.5. The molecule has 2 aromatic rings. The molecule has 1 fully saturated rings. The van der Waals surface area contributed by atoms with Crippen molar-refractivity contribution in [3.05, 3.63) is 39.9 Å². The number of rotatable bonds is 3. The molecule has 1 aliphatic rings. The summed E-state index contributed by atoms with van der Waals surface area (Å²) in [7, 11) is 0. The van der Waals surface area contributed by atoms with Crippen molar-refractivity contribution >= 4 is 15.9 Å². The minimum absolute atomic E-state index is 0.266. The largest absolute Gasteiger partial charge is 0.381 e. The van der Waals surface area contributed by atoms with Crippen molar-refractivity contribution in [2.75, 3.05) is 13.2 Å². The summed E-state index contributed by atoms with van der Waals surface area (Å²) >= 11 is 3.33. The second kappa shape index (κ2) is 5.97. The highest BCUT2D eigenvalue weighted by atomic mass is 79.9. The van der Waals surface area contributed by atoms with Gasteiger partial charge in [0.2, 0.25) is 0 Å². The van der Waals surface area contributed by atoms with Crippen LogP contribution in [0.4, 0.5) is 4.39 Å². The SMILES string of the molecule is Fc1ccc(Br)cc1Cn1nnc(C2CCOCC2)n1. The van der Waals surface area contributed by atoms with Gasteiger partial charge in [-0.15, -0.1) is 10.2 Å². The molecule has 0 bridgehead atoms. The lowest BCUT2D eigenvalue weighted by Gasteiger charge is -2.18. The molecule has 1 aromatic carbocycles. The van der Waals surface area contributed by atoms with Gasteiger partial charge in [0.1, 0.15) is 5.82 Å². The third-order valence-corrected chi connectivity index (χ3v) is 3.87. The molecule has 106 valence electrons. The highest BCUT2D eigenvalue weighted by Crippen LogP contribution is 2.23. The van der Waals surface area contributed by atoms with Gasteiger partial charge >= 0.3 is 0 Å². The number of aromatic nitrogens is 4. The zero-order chi connectivity index (χ0) is 13.9. The second-order valence-electron chi connectivity index (χ2n) is 4.80. The highest BCUT2D eigenvalue weighted by Gasteiger charge is 2.20. The Labute approximate surface area is 124 Å². The van der Waals surface area contributed by atoms with E-state index in [9.17, 15) is 4.39 Å². The maximum Gasteiger partial charge on any atom is 0.178 e. The molecule has 0 spiro atoms. The van der Waals surface area contributed by atoms with Gasteiger partial charge in [-0.3, -0.25) is 0 Å². The van der Waals surface area contributed by atoms with Crippen LogP contribution in [0.25, 0.3) is 0 Å². The van der Waals surface area contributed by atoms with Crippen molar-refractivity contribution in [1.82, 2.24) is 20.2 Å². The van der Waals surface area contributed by atoms with Crippen molar-refractivity contribution in [1.29, 1.82) is 0 Å². The van der Waals surface area contributed by atoms with Crippen LogP contribution >= 0.6 is 15.9 Å². The number of halogens is 2. The summed E-state index contributed by atoms with van der Waals surface area (Å²) in [6.07, 6.45) is 1.83. The van der Waals surface area contributed by atoms with E-state index in [-0.39, 0.29) is 12.4 Å². The van der Waals surface area contributed by atoms with E-state index < -0.39 is 0 Å². The lowest BCUT2D eigenvalue weighted by atomic mass is 10.00. The predicted octanol–water partition coefficient (Wildman–Crippen LogP) is 2.52. The van der Waals surface area contributed by atoms with Crippen LogP contribution in [0.1, 0.15) is 30.1 Å². The summed E-state index contributed by atoms with van der Waals surface area (Å²) < 4.78 is 19.8. The summed E-state index contributed by atoms with van der Waals surface area (Å²) in [5.74, 6) is 0.756. The van der Waals surface area contributed by atoms with E-state index in [1.165, 1.54) is 10.9 Å². The molecular formula is C13H14BrFN4O. The molecule has 1 saturated heterocycles. The van der Waals surface area contributed by atoms with Crippen LogP contribution in [-0.2, 0) is 11.3 Å². The maximum absolute atomic E-state index is 13.7. The number of nitrogens with zero attached hydrogens (tertiary/aromatic N) is 4. The van der Waals surface area contributed by atoms with Gasteiger partial charge in [-0.25, -0.2) is 4.39 Å². The zero-order valence-electron chi connectivity index (χ0n) is 10.8. The first kappa shape index (κ1) is 13.6. The minimum Gasteiger partial charge on any atom is -0.381 e. The van der Waals surface area contributed by atoms with Gasteiger partial charge in [0.25, 0.3) is 0 Å². The zero-order valence-corrected chi connectivity index (χ0v) is 12.4. The fourth-order valence-electron chi connectivity index (χ4n) is 2.26. The highest BCUT2D eigenvalue weighted by molar-refractivity contribution is 9.10. The van der Waals surface area contributed by atoms with Crippen LogP contribution in [0.15, 0.2) is 22.7 Å². The molecular weight excluding hydrogens is 327 g/mol. The second-order valence-corrected chi connectivity index (χ2v) is 5.72. The molecule has 0 aliphatic carbocycles. The number of benzene rings is 1. The van der Waals surface area contributed by atoms with Gasteiger partial charge in [0.05, 0.1) is 6.54 Å². The molecule has 1 aliphatic heterocycles. The molecule has 1 aromatic heterocycles. The number of tetrazole rings is 1. The summed E-state index contributed by atoms with van der Waals surface area (Å²) in [6, 6.07) is 4.82. The third kappa shape index (κ3) is 3.04. The quantitative estimate of drug-likeness (QED) is 0.861. The van der Waals surface area contributed by atoms with Crippen LogP contribution in [0.2, 0.25) is 0 Å². The van der Waals surface area contributed by atoms with E-state index in [4.69, 9.17) is 4.74 Å². The van der Waals surface area contributed by atoms with E-state index >= 15 is 0 Å². The molecule has 20 heavy (non-hydrogen) atoms. The molecule has 0 saturated carbocycles. The van der Waals surface area contributed by atoms with Crippen LogP contribution in [0.5, 0.6) is 0 Å². The lowest BCUT2D eigenvalue weighted by Crippen LogP contribution is -2.15. The number of hydrogen-bond acceptors (Lipinski definition) is 4. The maximum atomic E-state index is 13.7. The van der Waals surface area contributed by atoms with Crippen LogP contribution < -0.4 is 0 Å². The summed E-state index contributed by atoms with van der Waals surface area (Å²) in [6.45, 7) is 1.75. The molecule has 7 heteroatoms. The van der Waals surface area contributed by atoms with E-state index in [0.717, 1.165) is 36.4 Å². The van der Waals surface area contributed by atoms with Gasteiger partial charge < -0.3 is 4.74 Å². The first-order chi connectivity index (χ1) is 9.72. The predicted molar refractivity (Wildman–Crippen MR) is 73.8 cm³/mol. The van der Waals surface area contributed by atoms with Gasteiger partial charge in [0, 0.05) is 29.2 Å². The van der Waals surface area contributed by atoms with Crippen molar-refractivity contribution in [3.8, 4) is 0 Å². The smallest absolute Gasteiger partial charge is 0.178 e. The Hall–Kier alpha value is -1.34. The van der Waals surface area contributed by atoms with Gasteiger partial charge in [0.15, 0.2) is 5.82 Å². The Morgan fingerprint density at radius 1 is 1.35 bits per heavy atom. The topological polar surface area (TPSA) is 52.8 Å². The van der Waals surface area contributed by atoms with E-state index in [2.05, 4.69) is 31.3 Å². The molecule has 0 N–H and O–H groups in total. The summed E-state index contributed by atoms with van der Waals surface area (Å²) in [4.78, 5) is 1.44. The van der Waals surface area contributed by atoms with E-state index in [1.807, 2.05) is 0 Å². The van der Waals surface area contributed by atoms with Crippen LogP contribution in [-0.4, -0.2) is 33.4 Å². The third-order valence-electron chi connectivity index (χ3n) is 3.37. The van der Waals surface area contributed by atoms with Crippen LogP contribution in [0, 0.1) is 5.82 Å². The fourth-order valence-corrected chi connectivity index (χ4v) is 2.67. The average molecular weight is 341 g/mol. The van der Waals surface area contributed by atoms with Crippen molar-refractivity contribution in [2.24, 2.45) is 0 Å². The van der Waals surface area contributed by atoms with Crippen molar-refractivity contribution < 1.29 is 9.13 Å². The molecule has 0 atom stereocenters. The van der Waals surface area contributed by atoms with Crippen molar-refractivity contribution in [3.63, 3.8) is 0 Å². The Balaban J connectivity index is 1.75. The van der Waals surface area contributed by atoms with Gasteiger partial charge in [-0.05, 0) is 36.3 Å². The first-order valence-electron chi connectivity index (χ1n) is 6.52. The lowest BCUT2D eigenvalue weighted by molar-refractivity contribution is 0.0835.